The number of carboxylic acid groups (broad SMARTS) is 1. The van der Waals surface area contributed by atoms with Crippen molar-refractivity contribution in [2.75, 3.05) is 13.1 Å². The zero-order chi connectivity index (χ0) is 10.3. The molecule has 13 heavy (non-hydrogen) atoms. The van der Waals surface area contributed by atoms with Crippen molar-refractivity contribution in [2.24, 2.45) is 11.5 Å². The Labute approximate surface area is 76.3 Å². The Morgan fingerprint density at radius 1 is 1.23 bits per heavy atom. The summed E-state index contributed by atoms with van der Waals surface area (Å²) >= 11 is 0. The summed E-state index contributed by atoms with van der Waals surface area (Å²) in [6, 6.07) is -0.263. The Morgan fingerprint density at radius 3 is 2.15 bits per heavy atom. The highest BCUT2D eigenvalue weighted by Crippen LogP contribution is 1.89. The van der Waals surface area contributed by atoms with Gasteiger partial charge < -0.3 is 21.9 Å². The number of nitrogens with two attached hydrogens (primary N) is 2. The molecule has 0 aromatic carbocycles. The molecule has 0 heterocycles. The molecule has 6 heteroatoms. The van der Waals surface area contributed by atoms with Crippen LogP contribution in [0.4, 0.5) is 0 Å². The number of carbonyl (C=O) groups excluding carboxylic acids is 1. The van der Waals surface area contributed by atoms with Crippen molar-refractivity contribution in [1.29, 1.82) is 0 Å². The lowest BCUT2D eigenvalue weighted by molar-refractivity contribution is -0.138. The Kier molecular flexibility index (Phi) is 5.82. The van der Waals surface area contributed by atoms with E-state index in [2.05, 4.69) is 5.32 Å². The molecule has 0 aliphatic rings. The van der Waals surface area contributed by atoms with Gasteiger partial charge in [0.1, 0.15) is 0 Å². The lowest BCUT2D eigenvalue weighted by Gasteiger charge is -2.13. The minimum absolute atomic E-state index is 0.0359. The Morgan fingerprint density at radius 2 is 1.77 bits per heavy atom. The maximum absolute atomic E-state index is 11.0. The lowest BCUT2D eigenvalue weighted by atomic mass is 10.2. The van der Waals surface area contributed by atoms with E-state index in [0.717, 1.165) is 0 Å². The molecule has 0 aromatic heterocycles. The van der Waals surface area contributed by atoms with Gasteiger partial charge in [0.2, 0.25) is 5.91 Å². The molecular weight excluding hydrogens is 174 g/mol. The summed E-state index contributed by atoms with van der Waals surface area (Å²) in [5.41, 5.74) is 10.6. The largest absolute Gasteiger partial charge is 0.481 e. The maximum atomic E-state index is 11.0. The number of aliphatic carboxylic acids is 1. The summed E-state index contributed by atoms with van der Waals surface area (Å²) in [4.78, 5) is 21.1. The summed E-state index contributed by atoms with van der Waals surface area (Å²) in [5, 5.41) is 10.8. The van der Waals surface area contributed by atoms with Crippen molar-refractivity contribution in [2.45, 2.75) is 18.9 Å². The third kappa shape index (κ3) is 6.06. The fourth-order valence-electron chi connectivity index (χ4n) is 0.734. The van der Waals surface area contributed by atoms with Crippen LogP contribution in [0.2, 0.25) is 0 Å². The van der Waals surface area contributed by atoms with E-state index in [9.17, 15) is 9.59 Å². The van der Waals surface area contributed by atoms with Gasteiger partial charge in [0.05, 0.1) is 12.5 Å². The number of amides is 1. The molecule has 0 bridgehead atoms. The molecule has 6 nitrogen and oxygen atoms in total. The van der Waals surface area contributed by atoms with Crippen LogP contribution >= 0.6 is 0 Å². The predicted octanol–water partition coefficient (Wildman–Crippen LogP) is -1.75. The van der Waals surface area contributed by atoms with Crippen LogP contribution in [0.5, 0.6) is 0 Å². The summed E-state index contributed by atoms with van der Waals surface area (Å²) in [6.45, 7) is 0.518. The maximum Gasteiger partial charge on any atom is 0.303 e. The summed E-state index contributed by atoms with van der Waals surface area (Å²) in [7, 11) is 0. The van der Waals surface area contributed by atoms with Gasteiger partial charge in [0, 0.05) is 19.5 Å². The topological polar surface area (TPSA) is 118 Å². The van der Waals surface area contributed by atoms with Crippen molar-refractivity contribution >= 4 is 11.9 Å². The van der Waals surface area contributed by atoms with Crippen molar-refractivity contribution in [3.8, 4) is 0 Å². The van der Waals surface area contributed by atoms with Crippen molar-refractivity contribution in [1.82, 2.24) is 5.32 Å². The fourth-order valence-corrected chi connectivity index (χ4v) is 0.734. The highest BCUT2D eigenvalue weighted by atomic mass is 16.4. The first-order valence-electron chi connectivity index (χ1n) is 4.01. The van der Waals surface area contributed by atoms with Gasteiger partial charge >= 0.3 is 5.97 Å². The first-order valence-corrected chi connectivity index (χ1v) is 4.01. The zero-order valence-corrected chi connectivity index (χ0v) is 7.32. The Balaban J connectivity index is 3.66. The molecule has 0 aliphatic heterocycles. The van der Waals surface area contributed by atoms with Crippen LogP contribution in [0.15, 0.2) is 0 Å². The van der Waals surface area contributed by atoms with Crippen LogP contribution in [-0.2, 0) is 9.59 Å². The Bertz CT molecular complexity index is 180. The van der Waals surface area contributed by atoms with Gasteiger partial charge in [-0.2, -0.15) is 0 Å². The molecule has 0 aliphatic carbocycles. The number of hydrogen-bond donors (Lipinski definition) is 4. The SMILES string of the molecule is NCC(CN)NC(=O)CCC(=O)O. The predicted molar refractivity (Wildman–Crippen MR) is 46.9 cm³/mol. The number of carboxylic acids is 1. The van der Waals surface area contributed by atoms with Crippen LogP contribution in [-0.4, -0.2) is 36.1 Å². The van der Waals surface area contributed by atoms with E-state index in [1.54, 1.807) is 0 Å². The van der Waals surface area contributed by atoms with Gasteiger partial charge in [-0.1, -0.05) is 0 Å². The van der Waals surface area contributed by atoms with E-state index in [1.807, 2.05) is 0 Å². The standard InChI is InChI=1S/C7H15N3O3/c8-3-5(4-9)10-6(11)1-2-7(12)13/h5H,1-4,8-9H2,(H,10,11)(H,12,13). The quantitative estimate of drug-likeness (QED) is 0.395. The molecule has 0 radical (unpaired) electrons. The van der Waals surface area contributed by atoms with Crippen LogP contribution < -0.4 is 16.8 Å². The number of carbonyl (C=O) groups is 2. The second-order valence-electron chi connectivity index (χ2n) is 2.63. The zero-order valence-electron chi connectivity index (χ0n) is 7.32. The van der Waals surface area contributed by atoms with E-state index in [0.29, 0.717) is 0 Å². The average Bonchev–Trinajstić information content (AvgIpc) is 2.10. The second kappa shape index (κ2) is 6.38. The van der Waals surface area contributed by atoms with Crippen molar-refractivity contribution in [3.63, 3.8) is 0 Å². The number of hydrogen-bond acceptors (Lipinski definition) is 4. The summed E-state index contributed by atoms with van der Waals surface area (Å²) < 4.78 is 0. The van der Waals surface area contributed by atoms with Crippen LogP contribution in [0.25, 0.3) is 0 Å². The molecular formula is C7H15N3O3. The normalized spacial score (nSPS) is 10.1. The third-order valence-electron chi connectivity index (χ3n) is 1.50. The third-order valence-corrected chi connectivity index (χ3v) is 1.50. The van der Waals surface area contributed by atoms with E-state index >= 15 is 0 Å². The van der Waals surface area contributed by atoms with E-state index in [-0.39, 0.29) is 37.9 Å². The molecule has 0 saturated heterocycles. The second-order valence-corrected chi connectivity index (χ2v) is 2.63. The van der Waals surface area contributed by atoms with Gasteiger partial charge in [-0.15, -0.1) is 0 Å². The number of nitrogens with one attached hydrogen (secondary N) is 1. The van der Waals surface area contributed by atoms with Gasteiger partial charge in [-0.25, -0.2) is 0 Å². The summed E-state index contributed by atoms with van der Waals surface area (Å²) in [5.74, 6) is -1.32. The lowest BCUT2D eigenvalue weighted by Crippen LogP contribution is -2.45. The minimum atomic E-state index is -0.993. The first kappa shape index (κ1) is 11.9. The smallest absolute Gasteiger partial charge is 0.303 e. The molecule has 0 aromatic rings. The van der Waals surface area contributed by atoms with Crippen LogP contribution in [0.1, 0.15) is 12.8 Å². The van der Waals surface area contributed by atoms with E-state index in [4.69, 9.17) is 16.6 Å². The van der Waals surface area contributed by atoms with Gasteiger partial charge in [-0.05, 0) is 0 Å². The van der Waals surface area contributed by atoms with Gasteiger partial charge in [0.15, 0.2) is 0 Å². The van der Waals surface area contributed by atoms with Crippen molar-refractivity contribution in [3.05, 3.63) is 0 Å². The van der Waals surface area contributed by atoms with E-state index < -0.39 is 5.97 Å². The minimum Gasteiger partial charge on any atom is -0.481 e. The molecule has 0 saturated carbocycles. The highest BCUT2D eigenvalue weighted by Gasteiger charge is 2.09. The highest BCUT2D eigenvalue weighted by molar-refractivity contribution is 5.80. The molecule has 76 valence electrons. The fraction of sp³-hybridized carbons (Fsp3) is 0.714. The van der Waals surface area contributed by atoms with Crippen LogP contribution in [0.3, 0.4) is 0 Å². The van der Waals surface area contributed by atoms with Gasteiger partial charge in [-0.3, -0.25) is 9.59 Å². The molecule has 0 rings (SSSR count). The van der Waals surface area contributed by atoms with Crippen LogP contribution in [0, 0.1) is 0 Å². The van der Waals surface area contributed by atoms with E-state index in [1.165, 1.54) is 0 Å². The average molecular weight is 189 g/mol. The monoisotopic (exact) mass is 189 g/mol. The summed E-state index contributed by atoms with van der Waals surface area (Å²) in [6.07, 6.45) is -0.209. The van der Waals surface area contributed by atoms with Crippen molar-refractivity contribution < 1.29 is 14.7 Å². The van der Waals surface area contributed by atoms with Gasteiger partial charge in [0.25, 0.3) is 0 Å². The first-order chi connectivity index (χ1) is 6.10. The molecule has 0 atom stereocenters. The molecule has 6 N–H and O–H groups in total. The Hall–Kier alpha value is -1.14. The molecule has 0 fully saturated rings. The number of rotatable bonds is 6. The molecule has 0 spiro atoms. The molecule has 1 amide bonds. The molecule has 0 unspecified atom stereocenters.